The van der Waals surface area contributed by atoms with Crippen LogP contribution in [0.1, 0.15) is 47.6 Å². The average Bonchev–Trinajstić information content (AvgIpc) is 3.10. The second-order valence-corrected chi connectivity index (χ2v) is 13.3. The highest BCUT2D eigenvalue weighted by atomic mass is 35.5. The lowest BCUT2D eigenvalue weighted by molar-refractivity contribution is 0.126. The molecule has 10 nitrogen and oxygen atoms in total. The van der Waals surface area contributed by atoms with Crippen LogP contribution in [0.25, 0.3) is 0 Å². The topological polar surface area (TPSA) is 92.3 Å². The highest BCUT2D eigenvalue weighted by Gasteiger charge is 2.23. The lowest BCUT2D eigenvalue weighted by Gasteiger charge is -2.34. The SMILES string of the molecule is CCCN1CCN(CCCOc2ccc(Nc3nccc(N(Cc4cc(Cl)ccc4C)C(=O)Oc4c(C)cc(C)cc4C)n3)cc2OC)CC1. The smallest absolute Gasteiger partial charge is 0.421 e. The molecule has 1 saturated heterocycles. The first-order valence-electron chi connectivity index (χ1n) is 17.3. The van der Waals surface area contributed by atoms with E-state index in [1.807, 2.05) is 76.2 Å². The largest absolute Gasteiger partial charge is 0.493 e. The first kappa shape index (κ1) is 36.9. The summed E-state index contributed by atoms with van der Waals surface area (Å²) in [6, 6.07) is 16.9. The summed E-state index contributed by atoms with van der Waals surface area (Å²) in [6.45, 7) is 17.6. The third kappa shape index (κ3) is 9.87. The minimum Gasteiger partial charge on any atom is -0.493 e. The van der Waals surface area contributed by atoms with Gasteiger partial charge < -0.3 is 29.3 Å². The zero-order chi connectivity index (χ0) is 35.6. The van der Waals surface area contributed by atoms with E-state index in [0.29, 0.717) is 46.3 Å². The molecule has 0 bridgehead atoms. The number of ether oxygens (including phenoxy) is 3. The van der Waals surface area contributed by atoms with E-state index < -0.39 is 6.09 Å². The van der Waals surface area contributed by atoms with Crippen molar-refractivity contribution in [1.29, 1.82) is 0 Å². The maximum absolute atomic E-state index is 13.9. The molecular weight excluding hydrogens is 652 g/mol. The molecule has 0 aliphatic carbocycles. The van der Waals surface area contributed by atoms with E-state index in [-0.39, 0.29) is 6.54 Å². The van der Waals surface area contributed by atoms with Crippen molar-refractivity contribution in [2.45, 2.75) is 54.0 Å². The van der Waals surface area contributed by atoms with Crippen LogP contribution in [0, 0.1) is 27.7 Å². The van der Waals surface area contributed by atoms with Crippen LogP contribution in [0.4, 0.5) is 22.2 Å². The number of nitrogens with one attached hydrogen (secondary N) is 1. The van der Waals surface area contributed by atoms with Crippen LogP contribution < -0.4 is 24.4 Å². The van der Waals surface area contributed by atoms with Gasteiger partial charge in [-0.2, -0.15) is 4.98 Å². The summed E-state index contributed by atoms with van der Waals surface area (Å²) in [5.41, 5.74) is 5.42. The van der Waals surface area contributed by atoms with Crippen molar-refractivity contribution in [3.63, 3.8) is 0 Å². The number of aryl methyl sites for hydroxylation is 4. The maximum Gasteiger partial charge on any atom is 0.421 e. The standard InChI is InChI=1S/C39H49ClN6O4/c1-7-15-44-17-19-45(20-18-44)16-8-21-49-34-12-11-33(25-35(34)48-6)42-38-41-14-13-36(43-38)46(26-31-24-32(40)10-9-28(31)3)39(47)50-37-29(4)22-27(2)23-30(37)5/h9-14,22-25H,7-8,15-21,26H2,1-6H3,(H,41,42,43). The first-order chi connectivity index (χ1) is 24.1. The van der Waals surface area contributed by atoms with Crippen molar-refractivity contribution in [2.75, 3.05) is 63.2 Å². The Morgan fingerprint density at radius 2 is 1.62 bits per heavy atom. The maximum atomic E-state index is 13.9. The van der Waals surface area contributed by atoms with Gasteiger partial charge in [0.05, 0.1) is 20.3 Å². The number of aromatic nitrogens is 2. The summed E-state index contributed by atoms with van der Waals surface area (Å²) in [6.07, 6.45) is 3.19. The monoisotopic (exact) mass is 700 g/mol. The van der Waals surface area contributed by atoms with Crippen LogP contribution >= 0.6 is 11.6 Å². The Hall–Kier alpha value is -4.38. The van der Waals surface area contributed by atoms with Gasteiger partial charge in [0.25, 0.3) is 0 Å². The van der Waals surface area contributed by atoms with Crippen molar-refractivity contribution in [2.24, 2.45) is 0 Å². The van der Waals surface area contributed by atoms with Gasteiger partial charge in [-0.3, -0.25) is 4.90 Å². The number of carbonyl (C=O) groups is 1. The fraction of sp³-hybridized carbons (Fsp3) is 0.410. The molecule has 266 valence electrons. The molecule has 11 heteroatoms. The van der Waals surface area contributed by atoms with Crippen LogP contribution in [0.5, 0.6) is 17.2 Å². The predicted octanol–water partition coefficient (Wildman–Crippen LogP) is 8.12. The number of halogens is 1. The lowest BCUT2D eigenvalue weighted by atomic mass is 10.1. The number of methoxy groups -OCH3 is 1. The lowest BCUT2D eigenvalue weighted by Crippen LogP contribution is -2.46. The van der Waals surface area contributed by atoms with Crippen molar-refractivity contribution < 1.29 is 19.0 Å². The van der Waals surface area contributed by atoms with E-state index >= 15 is 0 Å². The van der Waals surface area contributed by atoms with Gasteiger partial charge in [-0.1, -0.05) is 42.3 Å². The molecule has 2 heterocycles. The van der Waals surface area contributed by atoms with Gasteiger partial charge in [0, 0.05) is 55.7 Å². The van der Waals surface area contributed by atoms with Crippen molar-refractivity contribution in [3.8, 4) is 17.2 Å². The number of amides is 1. The van der Waals surface area contributed by atoms with Crippen LogP contribution in [-0.4, -0.2) is 78.8 Å². The summed E-state index contributed by atoms with van der Waals surface area (Å²) in [5.74, 6) is 2.48. The van der Waals surface area contributed by atoms with E-state index in [1.165, 1.54) is 17.9 Å². The van der Waals surface area contributed by atoms with Gasteiger partial charge in [-0.15, -0.1) is 0 Å². The highest BCUT2D eigenvalue weighted by molar-refractivity contribution is 6.30. The Kier molecular flexibility index (Phi) is 12.9. The third-order valence-electron chi connectivity index (χ3n) is 8.87. The first-order valence-corrected chi connectivity index (χ1v) is 17.7. The number of nitrogens with zero attached hydrogens (tertiary/aromatic N) is 5. The van der Waals surface area contributed by atoms with E-state index in [1.54, 1.807) is 19.4 Å². The minimum absolute atomic E-state index is 0.195. The van der Waals surface area contributed by atoms with Crippen LogP contribution in [0.2, 0.25) is 5.02 Å². The number of hydrogen-bond donors (Lipinski definition) is 1. The van der Waals surface area contributed by atoms with Crippen molar-refractivity contribution in [1.82, 2.24) is 19.8 Å². The fourth-order valence-corrected chi connectivity index (χ4v) is 6.46. The van der Waals surface area contributed by atoms with E-state index in [2.05, 4.69) is 27.0 Å². The molecule has 1 fully saturated rings. The molecular formula is C39H49ClN6O4. The molecule has 0 radical (unpaired) electrons. The van der Waals surface area contributed by atoms with Gasteiger partial charge in [0.15, 0.2) is 11.5 Å². The molecule has 0 atom stereocenters. The summed E-state index contributed by atoms with van der Waals surface area (Å²) < 4.78 is 17.8. The Morgan fingerprint density at radius 1 is 0.900 bits per heavy atom. The summed E-state index contributed by atoms with van der Waals surface area (Å²) in [5, 5.41) is 3.83. The average molecular weight is 701 g/mol. The summed E-state index contributed by atoms with van der Waals surface area (Å²) >= 11 is 6.35. The minimum atomic E-state index is -0.564. The number of hydrogen-bond acceptors (Lipinski definition) is 9. The number of rotatable bonds is 14. The molecule has 4 aromatic rings. The van der Waals surface area contributed by atoms with Gasteiger partial charge in [-0.25, -0.2) is 9.78 Å². The Balaban J connectivity index is 1.28. The number of benzene rings is 3. The Labute approximate surface area is 301 Å². The molecule has 0 saturated carbocycles. The predicted molar refractivity (Wildman–Crippen MR) is 201 cm³/mol. The molecule has 1 aliphatic rings. The molecule has 1 N–H and O–H groups in total. The molecule has 1 aliphatic heterocycles. The van der Waals surface area contributed by atoms with Gasteiger partial charge in [0.2, 0.25) is 5.95 Å². The zero-order valence-electron chi connectivity index (χ0n) is 30.1. The summed E-state index contributed by atoms with van der Waals surface area (Å²) in [4.78, 5) is 29.6. The number of piperazine rings is 1. The van der Waals surface area contributed by atoms with Crippen molar-refractivity contribution in [3.05, 3.63) is 93.6 Å². The molecule has 50 heavy (non-hydrogen) atoms. The second-order valence-electron chi connectivity index (χ2n) is 12.9. The number of carbonyl (C=O) groups excluding carboxylic acids is 1. The van der Waals surface area contributed by atoms with Gasteiger partial charge >= 0.3 is 6.09 Å². The van der Waals surface area contributed by atoms with Crippen LogP contribution in [0.3, 0.4) is 0 Å². The molecule has 1 amide bonds. The third-order valence-corrected chi connectivity index (χ3v) is 9.11. The highest BCUT2D eigenvalue weighted by Crippen LogP contribution is 2.32. The van der Waals surface area contributed by atoms with Crippen LogP contribution in [0.15, 0.2) is 60.8 Å². The van der Waals surface area contributed by atoms with Crippen LogP contribution in [-0.2, 0) is 6.54 Å². The van der Waals surface area contributed by atoms with Crippen molar-refractivity contribution >= 4 is 35.1 Å². The molecule has 3 aromatic carbocycles. The number of anilines is 3. The fourth-order valence-electron chi connectivity index (χ4n) is 6.27. The van der Waals surface area contributed by atoms with E-state index in [4.69, 9.17) is 30.8 Å². The normalized spacial score (nSPS) is 13.6. The Bertz CT molecular complexity index is 1740. The van der Waals surface area contributed by atoms with E-state index in [0.717, 1.165) is 67.0 Å². The van der Waals surface area contributed by atoms with Gasteiger partial charge in [0.1, 0.15) is 11.6 Å². The Morgan fingerprint density at radius 3 is 2.32 bits per heavy atom. The molecule has 5 rings (SSSR count). The van der Waals surface area contributed by atoms with Gasteiger partial charge in [-0.05, 0) is 99.7 Å². The zero-order valence-corrected chi connectivity index (χ0v) is 30.8. The quantitative estimate of drug-likeness (QED) is 0.131. The second kappa shape index (κ2) is 17.5. The molecule has 1 aromatic heterocycles. The molecule has 0 unspecified atom stereocenters. The van der Waals surface area contributed by atoms with E-state index in [9.17, 15) is 4.79 Å². The summed E-state index contributed by atoms with van der Waals surface area (Å²) in [7, 11) is 1.62. The molecule has 0 spiro atoms.